The van der Waals surface area contributed by atoms with E-state index in [1.807, 2.05) is 0 Å². The van der Waals surface area contributed by atoms with Crippen LogP contribution >= 0.6 is 0 Å². The molecule has 3 rings (SSSR count). The zero-order valence-corrected chi connectivity index (χ0v) is 16.9. The molecule has 0 saturated carbocycles. The van der Waals surface area contributed by atoms with Gasteiger partial charge >= 0.3 is 0 Å². The Morgan fingerprint density at radius 1 is 1.19 bits per heavy atom. The van der Waals surface area contributed by atoms with E-state index in [9.17, 15) is 13.2 Å². The number of carbonyl (C=O) groups excluding carboxylic acids is 1. The smallest absolute Gasteiger partial charge is 0.243 e. The van der Waals surface area contributed by atoms with Gasteiger partial charge in [-0.1, -0.05) is 18.9 Å². The minimum atomic E-state index is -3.54. The minimum Gasteiger partial charge on any atom is -0.378 e. The second kappa shape index (κ2) is 9.17. The molecule has 150 valence electrons. The molecule has 2 aliphatic rings. The first-order valence-corrected chi connectivity index (χ1v) is 11.4. The number of nitrogens with zero attached hydrogens (tertiary/aromatic N) is 1. The van der Waals surface area contributed by atoms with Gasteiger partial charge in [-0.3, -0.25) is 4.79 Å². The second-order valence-corrected chi connectivity index (χ2v) is 9.43. The normalized spacial score (nSPS) is 21.7. The van der Waals surface area contributed by atoms with Gasteiger partial charge in [-0.25, -0.2) is 8.42 Å². The summed E-state index contributed by atoms with van der Waals surface area (Å²) in [7, 11) is -3.54. The molecule has 1 atom stereocenters. The fourth-order valence-electron chi connectivity index (χ4n) is 3.76. The number of anilines is 1. The molecule has 7 heteroatoms. The molecule has 1 aromatic rings. The van der Waals surface area contributed by atoms with Crippen LogP contribution in [-0.4, -0.2) is 44.4 Å². The third-order valence-corrected chi connectivity index (χ3v) is 7.41. The maximum Gasteiger partial charge on any atom is 0.243 e. The molecular formula is C20H30N2O4S. The number of amides is 1. The first-order chi connectivity index (χ1) is 13.0. The fourth-order valence-corrected chi connectivity index (χ4v) is 5.53. The van der Waals surface area contributed by atoms with Crippen LogP contribution in [0.15, 0.2) is 23.1 Å². The van der Waals surface area contributed by atoms with E-state index in [4.69, 9.17) is 4.74 Å². The molecule has 1 aromatic carbocycles. The Balaban J connectivity index is 1.68. The second-order valence-electron chi connectivity index (χ2n) is 7.52. The van der Waals surface area contributed by atoms with Gasteiger partial charge in [0.25, 0.3) is 0 Å². The zero-order chi connectivity index (χ0) is 19.3. The van der Waals surface area contributed by atoms with E-state index in [0.717, 1.165) is 45.1 Å². The van der Waals surface area contributed by atoms with Gasteiger partial charge in [-0.2, -0.15) is 4.31 Å². The van der Waals surface area contributed by atoms with Gasteiger partial charge in [0.05, 0.1) is 11.0 Å². The van der Waals surface area contributed by atoms with E-state index >= 15 is 0 Å². The van der Waals surface area contributed by atoms with Crippen molar-refractivity contribution in [2.45, 2.75) is 69.3 Å². The summed E-state index contributed by atoms with van der Waals surface area (Å²) in [6, 6.07) is 5.13. The molecule has 2 saturated heterocycles. The lowest BCUT2D eigenvalue weighted by Gasteiger charge is -2.21. The highest BCUT2D eigenvalue weighted by Crippen LogP contribution is 2.26. The van der Waals surface area contributed by atoms with Crippen LogP contribution in [0.25, 0.3) is 0 Å². The molecule has 2 heterocycles. The van der Waals surface area contributed by atoms with Crippen molar-refractivity contribution in [3.8, 4) is 0 Å². The maximum atomic E-state index is 13.1. The molecule has 0 aliphatic carbocycles. The van der Waals surface area contributed by atoms with Crippen molar-refractivity contribution < 1.29 is 17.9 Å². The van der Waals surface area contributed by atoms with Gasteiger partial charge in [0.15, 0.2) is 0 Å². The van der Waals surface area contributed by atoms with E-state index in [2.05, 4.69) is 5.32 Å². The minimum absolute atomic E-state index is 0.104. The number of hydrogen-bond donors (Lipinski definition) is 1. The number of sulfonamides is 1. The number of nitrogens with one attached hydrogen (secondary N) is 1. The van der Waals surface area contributed by atoms with Crippen molar-refractivity contribution in [2.75, 3.05) is 25.0 Å². The number of benzene rings is 1. The molecule has 0 bridgehead atoms. The predicted molar refractivity (Wildman–Crippen MR) is 105 cm³/mol. The number of rotatable bonds is 6. The van der Waals surface area contributed by atoms with Gasteiger partial charge in [0, 0.05) is 31.8 Å². The van der Waals surface area contributed by atoms with Gasteiger partial charge in [0.1, 0.15) is 0 Å². The fraction of sp³-hybridized carbons (Fsp3) is 0.650. The molecule has 0 radical (unpaired) electrons. The molecule has 6 nitrogen and oxygen atoms in total. The van der Waals surface area contributed by atoms with Crippen molar-refractivity contribution in [1.82, 2.24) is 4.31 Å². The summed E-state index contributed by atoms with van der Waals surface area (Å²) in [6.45, 7) is 3.72. The molecule has 1 unspecified atom stereocenters. The largest absolute Gasteiger partial charge is 0.378 e. The lowest BCUT2D eigenvalue weighted by Crippen LogP contribution is -2.32. The Morgan fingerprint density at radius 3 is 2.59 bits per heavy atom. The summed E-state index contributed by atoms with van der Waals surface area (Å²) >= 11 is 0. The number of hydrogen-bond acceptors (Lipinski definition) is 4. The van der Waals surface area contributed by atoms with E-state index in [1.54, 1.807) is 29.4 Å². The van der Waals surface area contributed by atoms with Crippen LogP contribution in [-0.2, 0) is 19.6 Å². The SMILES string of the molecule is Cc1ccc(NC(=O)CCC2CCCO2)cc1S(=O)(=O)N1CCCCCC1. The third kappa shape index (κ3) is 5.30. The first kappa shape index (κ1) is 20.3. The molecule has 0 spiro atoms. The topological polar surface area (TPSA) is 75.7 Å². The molecule has 27 heavy (non-hydrogen) atoms. The van der Waals surface area contributed by atoms with E-state index in [-0.39, 0.29) is 12.0 Å². The van der Waals surface area contributed by atoms with Crippen LogP contribution in [0.2, 0.25) is 0 Å². The van der Waals surface area contributed by atoms with E-state index in [1.165, 1.54) is 0 Å². The quantitative estimate of drug-likeness (QED) is 0.802. The molecule has 1 amide bonds. The Morgan fingerprint density at radius 2 is 1.93 bits per heavy atom. The van der Waals surface area contributed by atoms with Crippen molar-refractivity contribution in [2.24, 2.45) is 0 Å². The van der Waals surface area contributed by atoms with Crippen LogP contribution < -0.4 is 5.32 Å². The van der Waals surface area contributed by atoms with Crippen molar-refractivity contribution >= 4 is 21.6 Å². The van der Waals surface area contributed by atoms with Crippen molar-refractivity contribution in [3.63, 3.8) is 0 Å². The first-order valence-electron chi connectivity index (χ1n) is 9.99. The summed E-state index contributed by atoms with van der Waals surface area (Å²) in [6.07, 6.45) is 7.28. The molecule has 2 fully saturated rings. The standard InChI is InChI=1S/C20H30N2O4S/c1-16-8-9-17(21-20(23)11-10-18-7-6-14-26-18)15-19(16)27(24,25)22-12-4-2-3-5-13-22/h8-9,15,18H,2-7,10-14H2,1H3,(H,21,23). The summed E-state index contributed by atoms with van der Waals surface area (Å²) in [5, 5.41) is 2.84. The van der Waals surface area contributed by atoms with Gasteiger partial charge in [-0.15, -0.1) is 0 Å². The predicted octanol–water partition coefficient (Wildman–Crippen LogP) is 3.46. The van der Waals surface area contributed by atoms with Crippen LogP contribution in [0.5, 0.6) is 0 Å². The summed E-state index contributed by atoms with van der Waals surface area (Å²) in [4.78, 5) is 12.5. The maximum absolute atomic E-state index is 13.1. The lowest BCUT2D eigenvalue weighted by molar-refractivity contribution is -0.116. The average molecular weight is 395 g/mol. The molecule has 1 N–H and O–H groups in total. The molecule has 2 aliphatic heterocycles. The van der Waals surface area contributed by atoms with Crippen LogP contribution in [0, 0.1) is 6.92 Å². The number of carbonyl (C=O) groups is 1. The van der Waals surface area contributed by atoms with Gasteiger partial charge in [0.2, 0.25) is 15.9 Å². The van der Waals surface area contributed by atoms with E-state index < -0.39 is 10.0 Å². The monoisotopic (exact) mass is 394 g/mol. The Hall–Kier alpha value is -1.44. The van der Waals surface area contributed by atoms with Crippen molar-refractivity contribution in [3.05, 3.63) is 23.8 Å². The highest BCUT2D eigenvalue weighted by atomic mass is 32.2. The summed E-state index contributed by atoms with van der Waals surface area (Å²) in [5.74, 6) is -0.104. The third-order valence-electron chi connectivity index (χ3n) is 5.37. The average Bonchev–Trinajstić information content (AvgIpc) is 3.01. The highest BCUT2D eigenvalue weighted by Gasteiger charge is 2.27. The Labute approximate surface area is 162 Å². The van der Waals surface area contributed by atoms with Crippen molar-refractivity contribution in [1.29, 1.82) is 0 Å². The zero-order valence-electron chi connectivity index (χ0n) is 16.1. The van der Waals surface area contributed by atoms with Crippen LogP contribution in [0.3, 0.4) is 0 Å². The van der Waals surface area contributed by atoms with Gasteiger partial charge < -0.3 is 10.1 Å². The van der Waals surface area contributed by atoms with Crippen LogP contribution in [0.1, 0.15) is 56.9 Å². The highest BCUT2D eigenvalue weighted by molar-refractivity contribution is 7.89. The number of ether oxygens (including phenoxy) is 1. The number of aryl methyl sites for hydroxylation is 1. The summed E-state index contributed by atoms with van der Waals surface area (Å²) < 4.78 is 33.3. The molecule has 0 aromatic heterocycles. The molecular weight excluding hydrogens is 364 g/mol. The summed E-state index contributed by atoms with van der Waals surface area (Å²) in [5.41, 5.74) is 1.24. The Bertz CT molecular complexity index is 749. The Kier molecular flexibility index (Phi) is 6.89. The van der Waals surface area contributed by atoms with Gasteiger partial charge in [-0.05, 0) is 56.7 Å². The lowest BCUT2D eigenvalue weighted by atomic mass is 10.1. The van der Waals surface area contributed by atoms with E-state index in [0.29, 0.717) is 42.1 Å². The van der Waals surface area contributed by atoms with Crippen LogP contribution in [0.4, 0.5) is 5.69 Å².